The fourth-order valence-electron chi connectivity index (χ4n) is 7.08. The van der Waals surface area contributed by atoms with Crippen LogP contribution in [-0.4, -0.2) is 0 Å². The van der Waals surface area contributed by atoms with Crippen LogP contribution in [0.5, 0.6) is 0 Å². The minimum Gasteiger partial charge on any atom is -0.200 e. The lowest BCUT2D eigenvalue weighted by molar-refractivity contribution is -0.660. The molecule has 1 saturated carbocycles. The van der Waals surface area contributed by atoms with Gasteiger partial charge in [0, 0.05) is 28.0 Å². The maximum atomic E-state index is 2.52. The monoisotopic (exact) mass is 506 g/mol. The molecule has 1 heteroatoms. The normalized spacial score (nSPS) is 16.0. The van der Waals surface area contributed by atoms with Crippen LogP contribution in [0.1, 0.15) is 60.1 Å². The Balaban J connectivity index is 1.33. The van der Waals surface area contributed by atoms with Crippen molar-refractivity contribution in [3.05, 3.63) is 137 Å². The molecule has 0 unspecified atom stereocenters. The van der Waals surface area contributed by atoms with Crippen LogP contribution in [0.15, 0.2) is 103 Å². The van der Waals surface area contributed by atoms with Crippen LogP contribution in [-0.2, 0) is 17.9 Å². The van der Waals surface area contributed by atoms with Crippen molar-refractivity contribution in [2.45, 2.75) is 51.4 Å². The van der Waals surface area contributed by atoms with Gasteiger partial charge in [0.15, 0.2) is 6.20 Å². The number of hydrogen-bond donors (Lipinski definition) is 0. The van der Waals surface area contributed by atoms with Crippen LogP contribution in [0.3, 0.4) is 0 Å². The summed E-state index contributed by atoms with van der Waals surface area (Å²) in [5.41, 5.74) is 16.6. The second-order valence-corrected chi connectivity index (χ2v) is 12.3. The molecule has 0 saturated heterocycles. The minimum atomic E-state index is 0.0170. The molecule has 2 aliphatic carbocycles. The molecule has 2 aliphatic rings. The first-order valence-corrected chi connectivity index (χ1v) is 14.2. The smallest absolute Gasteiger partial charge is 0.200 e. The summed E-state index contributed by atoms with van der Waals surface area (Å²) in [5, 5.41) is 0. The molecular weight excluding hydrogens is 470 g/mol. The molecule has 7 rings (SSSR count). The average Bonchev–Trinajstić information content (AvgIpc) is 3.76. The summed E-state index contributed by atoms with van der Waals surface area (Å²) in [6.07, 6.45) is 4.83. The number of fused-ring (bicyclic) bond motifs is 4. The summed E-state index contributed by atoms with van der Waals surface area (Å²) in [7, 11) is 2.19. The predicted octanol–water partition coefficient (Wildman–Crippen LogP) is 8.85. The minimum absolute atomic E-state index is 0.0170. The number of rotatable bonds is 3. The van der Waals surface area contributed by atoms with Crippen LogP contribution >= 0.6 is 0 Å². The van der Waals surface area contributed by atoms with Gasteiger partial charge in [-0.25, -0.2) is 4.57 Å². The van der Waals surface area contributed by atoms with Gasteiger partial charge in [-0.1, -0.05) is 92.7 Å². The summed E-state index contributed by atoms with van der Waals surface area (Å²) < 4.78 is 2.31. The first kappa shape index (κ1) is 24.1. The van der Waals surface area contributed by atoms with Gasteiger partial charge in [0.2, 0.25) is 5.69 Å². The van der Waals surface area contributed by atoms with Gasteiger partial charge in [-0.2, -0.15) is 0 Å². The Morgan fingerprint density at radius 1 is 0.564 bits per heavy atom. The van der Waals surface area contributed by atoms with E-state index in [2.05, 4.69) is 143 Å². The fourth-order valence-corrected chi connectivity index (χ4v) is 7.08. The topological polar surface area (TPSA) is 3.88 Å². The van der Waals surface area contributed by atoms with Gasteiger partial charge in [-0.3, -0.25) is 0 Å². The largest absolute Gasteiger partial charge is 0.212 e. The van der Waals surface area contributed by atoms with E-state index in [4.69, 9.17) is 0 Å². The van der Waals surface area contributed by atoms with E-state index in [9.17, 15) is 0 Å². The molecule has 0 N–H and O–H groups in total. The van der Waals surface area contributed by atoms with Crippen molar-refractivity contribution in [2.24, 2.45) is 7.05 Å². The summed E-state index contributed by atoms with van der Waals surface area (Å²) >= 11 is 0. The lowest BCUT2D eigenvalue weighted by atomic mass is 9.63. The maximum absolute atomic E-state index is 2.52. The van der Waals surface area contributed by atoms with E-state index in [0.29, 0.717) is 0 Å². The number of benzene rings is 4. The highest BCUT2D eigenvalue weighted by Crippen LogP contribution is 2.62. The van der Waals surface area contributed by atoms with E-state index < -0.39 is 0 Å². The number of pyridine rings is 1. The van der Waals surface area contributed by atoms with E-state index in [1.54, 1.807) is 11.1 Å². The van der Waals surface area contributed by atoms with Crippen molar-refractivity contribution in [2.75, 3.05) is 0 Å². The van der Waals surface area contributed by atoms with E-state index in [1.807, 2.05) is 0 Å². The highest BCUT2D eigenvalue weighted by Gasteiger charge is 2.53. The fraction of sp³-hybridized carbons (Fsp3) is 0.237. The van der Waals surface area contributed by atoms with Crippen molar-refractivity contribution in [1.82, 2.24) is 0 Å². The molecule has 0 amide bonds. The lowest BCUT2D eigenvalue weighted by Crippen LogP contribution is -2.33. The molecule has 39 heavy (non-hydrogen) atoms. The Morgan fingerprint density at radius 3 is 1.97 bits per heavy atom. The van der Waals surface area contributed by atoms with Crippen molar-refractivity contribution >= 4 is 0 Å². The summed E-state index contributed by atoms with van der Waals surface area (Å²) in [4.78, 5) is 0. The highest BCUT2D eigenvalue weighted by molar-refractivity contribution is 5.76. The van der Waals surface area contributed by atoms with Crippen LogP contribution in [0.2, 0.25) is 0 Å². The zero-order valence-electron chi connectivity index (χ0n) is 23.7. The molecule has 5 aromatic rings. The molecule has 1 aromatic heterocycles. The van der Waals surface area contributed by atoms with Crippen molar-refractivity contribution in [1.29, 1.82) is 0 Å². The Hall–Kier alpha value is -3.97. The van der Waals surface area contributed by atoms with Crippen LogP contribution in [0, 0.1) is 13.8 Å². The highest BCUT2D eigenvalue weighted by atomic mass is 14.9. The van der Waals surface area contributed by atoms with E-state index in [-0.39, 0.29) is 10.8 Å². The summed E-state index contributed by atoms with van der Waals surface area (Å²) in [6.45, 7) is 9.27. The third kappa shape index (κ3) is 3.63. The zero-order chi connectivity index (χ0) is 26.9. The van der Waals surface area contributed by atoms with Gasteiger partial charge >= 0.3 is 0 Å². The van der Waals surface area contributed by atoms with E-state index >= 15 is 0 Å². The van der Waals surface area contributed by atoms with Gasteiger partial charge in [0.1, 0.15) is 7.05 Å². The van der Waals surface area contributed by atoms with Crippen LogP contribution in [0.4, 0.5) is 0 Å². The molecule has 0 bridgehead atoms. The first-order chi connectivity index (χ1) is 18.8. The molecule has 192 valence electrons. The van der Waals surface area contributed by atoms with Gasteiger partial charge in [0.05, 0.1) is 0 Å². The van der Waals surface area contributed by atoms with Gasteiger partial charge in [0.25, 0.3) is 0 Å². The standard InChI is InChI=1S/C38H36N/c1-25-15-16-28(27-11-7-6-8-12-27)22-30(25)36-21-26(2)31(24-39(36)5)29-17-18-33-35(23-29)38(19-20-38)34-14-10-9-13-32(34)37(33,3)4/h6-18,21-24H,19-20H2,1-5H3/q+1. The second kappa shape index (κ2) is 8.52. The molecule has 1 nitrogen and oxygen atoms in total. The van der Waals surface area contributed by atoms with E-state index in [1.165, 1.54) is 68.6 Å². The number of nitrogens with zero attached hydrogens (tertiary/aromatic N) is 1. The third-order valence-corrected chi connectivity index (χ3v) is 9.49. The van der Waals surface area contributed by atoms with Crippen LogP contribution < -0.4 is 4.57 Å². The maximum Gasteiger partial charge on any atom is 0.212 e. The number of hydrogen-bond acceptors (Lipinski definition) is 0. The Labute approximate surface area is 232 Å². The second-order valence-electron chi connectivity index (χ2n) is 12.3. The zero-order valence-corrected chi connectivity index (χ0v) is 23.7. The van der Waals surface area contributed by atoms with Gasteiger partial charge in [-0.05, 0) is 88.9 Å². The van der Waals surface area contributed by atoms with Crippen molar-refractivity contribution < 1.29 is 4.57 Å². The van der Waals surface area contributed by atoms with Gasteiger partial charge < -0.3 is 0 Å². The number of aryl methyl sites for hydroxylation is 3. The first-order valence-electron chi connectivity index (χ1n) is 14.2. The van der Waals surface area contributed by atoms with Crippen LogP contribution in [0.25, 0.3) is 33.5 Å². The molecule has 0 radical (unpaired) electrons. The molecule has 4 aromatic carbocycles. The number of aromatic nitrogens is 1. The van der Waals surface area contributed by atoms with E-state index in [0.717, 1.165) is 0 Å². The quantitative estimate of drug-likeness (QED) is 0.215. The Kier molecular flexibility index (Phi) is 5.26. The summed E-state index contributed by atoms with van der Waals surface area (Å²) in [6, 6.07) is 36.3. The van der Waals surface area contributed by atoms with Crippen molar-refractivity contribution in [3.8, 4) is 33.5 Å². The predicted molar refractivity (Wildman–Crippen MR) is 162 cm³/mol. The molecular formula is C38H36N+. The Morgan fingerprint density at radius 2 is 1.23 bits per heavy atom. The molecule has 0 atom stereocenters. The summed E-state index contributed by atoms with van der Waals surface area (Å²) in [5.74, 6) is 0. The molecule has 1 fully saturated rings. The molecule has 1 spiro atoms. The SMILES string of the molecule is Cc1cc(-c2cc(-c3ccccc3)ccc2C)[n+](C)cc1-c1ccc2c(c1)C1(CC1)c1ccccc1C2(C)C. The molecule has 1 heterocycles. The van der Waals surface area contributed by atoms with Gasteiger partial charge in [-0.15, -0.1) is 0 Å². The lowest BCUT2D eigenvalue weighted by Gasteiger charge is -2.40. The molecule has 0 aliphatic heterocycles. The van der Waals surface area contributed by atoms with Crippen molar-refractivity contribution in [3.63, 3.8) is 0 Å². The average molecular weight is 507 g/mol. The Bertz CT molecular complexity index is 1750. The third-order valence-electron chi connectivity index (χ3n) is 9.49.